The fourth-order valence-corrected chi connectivity index (χ4v) is 3.19. The lowest BCUT2D eigenvalue weighted by molar-refractivity contribution is -0.120. The summed E-state index contributed by atoms with van der Waals surface area (Å²) in [5.41, 5.74) is 4.12. The van der Waals surface area contributed by atoms with E-state index < -0.39 is 0 Å². The minimum Gasteiger partial charge on any atom is -0.493 e. The quantitative estimate of drug-likeness (QED) is 0.935. The van der Waals surface area contributed by atoms with Crippen LogP contribution in [0.15, 0.2) is 30.5 Å². The molecule has 0 unspecified atom stereocenters. The van der Waals surface area contributed by atoms with E-state index in [2.05, 4.69) is 16.4 Å². The molecular weight excluding hydrogens is 292 g/mol. The van der Waals surface area contributed by atoms with Crippen molar-refractivity contribution in [2.24, 2.45) is 0 Å². The van der Waals surface area contributed by atoms with Crippen LogP contribution in [0.2, 0.25) is 0 Å². The van der Waals surface area contributed by atoms with Crippen LogP contribution in [-0.4, -0.2) is 24.1 Å². The van der Waals surface area contributed by atoms with Gasteiger partial charge in [0.25, 0.3) is 0 Å². The van der Waals surface area contributed by atoms with Crippen LogP contribution in [0.25, 0.3) is 0 Å². The predicted octanol–water partition coefficient (Wildman–Crippen LogP) is 1.81. The number of hydrogen-bond donors (Lipinski definition) is 1. The summed E-state index contributed by atoms with van der Waals surface area (Å²) in [7, 11) is 0. The van der Waals surface area contributed by atoms with Crippen molar-refractivity contribution in [2.45, 2.75) is 25.8 Å². The van der Waals surface area contributed by atoms with Gasteiger partial charge in [-0.25, -0.2) is 0 Å². The van der Waals surface area contributed by atoms with Gasteiger partial charge < -0.3 is 14.8 Å². The third-order valence-corrected chi connectivity index (χ3v) is 4.29. The summed E-state index contributed by atoms with van der Waals surface area (Å²) in [5, 5.41) is 2.93. The third kappa shape index (κ3) is 2.74. The molecule has 2 aliphatic rings. The van der Waals surface area contributed by atoms with Crippen LogP contribution in [0.4, 0.5) is 0 Å². The van der Waals surface area contributed by atoms with Crippen molar-refractivity contribution in [3.05, 3.63) is 52.8 Å². The Bertz CT molecular complexity index is 711. The molecule has 5 heteroatoms. The molecule has 23 heavy (non-hydrogen) atoms. The molecule has 1 aromatic heterocycles. The highest BCUT2D eigenvalue weighted by molar-refractivity contribution is 5.80. The first-order valence-corrected chi connectivity index (χ1v) is 7.91. The average molecular weight is 310 g/mol. The Morgan fingerprint density at radius 3 is 3.00 bits per heavy atom. The number of hydrogen-bond acceptors (Lipinski definition) is 4. The first-order chi connectivity index (χ1) is 11.3. The zero-order valence-corrected chi connectivity index (χ0v) is 12.8. The number of carbonyl (C=O) groups excluding carboxylic acids is 1. The van der Waals surface area contributed by atoms with Crippen LogP contribution in [-0.2, 0) is 30.6 Å². The van der Waals surface area contributed by atoms with Crippen molar-refractivity contribution in [3.63, 3.8) is 0 Å². The average Bonchev–Trinajstić information content (AvgIpc) is 3.22. The first kappa shape index (κ1) is 14.1. The minimum absolute atomic E-state index is 0.0198. The van der Waals surface area contributed by atoms with Gasteiger partial charge in [-0.15, -0.1) is 0 Å². The van der Waals surface area contributed by atoms with E-state index >= 15 is 0 Å². The molecule has 118 valence electrons. The van der Waals surface area contributed by atoms with Gasteiger partial charge in [-0.05, 0) is 18.2 Å². The molecule has 0 aliphatic carbocycles. The van der Waals surface area contributed by atoms with E-state index in [9.17, 15) is 4.79 Å². The number of carbonyl (C=O) groups is 1. The number of aromatic nitrogens is 1. The topological polar surface area (TPSA) is 60.5 Å². The van der Waals surface area contributed by atoms with Crippen LogP contribution in [0.1, 0.15) is 22.4 Å². The lowest BCUT2D eigenvalue weighted by Crippen LogP contribution is -2.25. The van der Waals surface area contributed by atoms with Crippen LogP contribution in [0, 0.1) is 0 Å². The molecule has 2 aromatic rings. The molecule has 0 saturated carbocycles. The Kier molecular flexibility index (Phi) is 3.61. The lowest BCUT2D eigenvalue weighted by Gasteiger charge is -2.13. The molecule has 3 heterocycles. The number of pyridine rings is 1. The Morgan fingerprint density at radius 2 is 2.13 bits per heavy atom. The number of nitrogens with one attached hydrogen (secondary N) is 1. The molecule has 0 atom stereocenters. The van der Waals surface area contributed by atoms with Crippen LogP contribution >= 0.6 is 0 Å². The zero-order valence-electron chi connectivity index (χ0n) is 12.8. The van der Waals surface area contributed by atoms with Gasteiger partial charge in [0, 0.05) is 35.7 Å². The van der Waals surface area contributed by atoms with Gasteiger partial charge in [-0.1, -0.05) is 6.07 Å². The molecule has 4 rings (SSSR count). The van der Waals surface area contributed by atoms with Crippen LogP contribution < -0.4 is 14.8 Å². The fraction of sp³-hybridized carbons (Fsp3) is 0.333. The second kappa shape index (κ2) is 5.91. The summed E-state index contributed by atoms with van der Waals surface area (Å²) < 4.78 is 11.4. The number of benzene rings is 1. The summed E-state index contributed by atoms with van der Waals surface area (Å²) in [6.07, 6.45) is 3.77. The summed E-state index contributed by atoms with van der Waals surface area (Å²) in [5.74, 6) is 1.79. The van der Waals surface area contributed by atoms with Crippen molar-refractivity contribution in [1.82, 2.24) is 10.3 Å². The maximum absolute atomic E-state index is 12.4. The highest BCUT2D eigenvalue weighted by Crippen LogP contribution is 2.40. The molecule has 2 aliphatic heterocycles. The van der Waals surface area contributed by atoms with Gasteiger partial charge in [0.15, 0.2) is 0 Å². The van der Waals surface area contributed by atoms with Gasteiger partial charge >= 0.3 is 0 Å². The van der Waals surface area contributed by atoms with Gasteiger partial charge in [-0.2, -0.15) is 0 Å². The lowest BCUT2D eigenvalue weighted by atomic mass is 9.97. The maximum Gasteiger partial charge on any atom is 0.224 e. The van der Waals surface area contributed by atoms with E-state index in [1.807, 2.05) is 18.2 Å². The SMILES string of the molecule is O=C(Cc1c2c(cc3c1OCC3)OCC2)NCc1ccccn1. The van der Waals surface area contributed by atoms with E-state index in [1.54, 1.807) is 6.20 Å². The fourth-order valence-electron chi connectivity index (χ4n) is 3.19. The van der Waals surface area contributed by atoms with Crippen molar-refractivity contribution in [2.75, 3.05) is 13.2 Å². The molecule has 1 N–H and O–H groups in total. The molecule has 1 amide bonds. The number of amides is 1. The highest BCUT2D eigenvalue weighted by atomic mass is 16.5. The second-order valence-corrected chi connectivity index (χ2v) is 5.79. The van der Waals surface area contributed by atoms with Crippen LogP contribution in [0.3, 0.4) is 0 Å². The summed E-state index contributed by atoms with van der Waals surface area (Å²) in [6.45, 7) is 1.80. The number of nitrogens with zero attached hydrogens (tertiary/aromatic N) is 1. The van der Waals surface area contributed by atoms with E-state index in [1.165, 1.54) is 0 Å². The van der Waals surface area contributed by atoms with Crippen molar-refractivity contribution in [3.8, 4) is 11.5 Å². The molecule has 0 bridgehead atoms. The monoisotopic (exact) mass is 310 g/mol. The standard InChI is InChI=1S/C18H18N2O3/c21-17(20-11-13-3-1-2-6-19-13)10-15-14-5-8-22-16(14)9-12-4-7-23-18(12)15/h1-3,6,9H,4-5,7-8,10-11H2,(H,20,21). The normalized spacial score (nSPS) is 14.6. The summed E-state index contributed by atoms with van der Waals surface area (Å²) in [4.78, 5) is 16.6. The van der Waals surface area contributed by atoms with Gasteiger partial charge in [0.05, 0.1) is 31.9 Å². The van der Waals surface area contributed by atoms with E-state index in [4.69, 9.17) is 9.47 Å². The van der Waals surface area contributed by atoms with Gasteiger partial charge in [0.1, 0.15) is 11.5 Å². The Hall–Kier alpha value is -2.56. The smallest absolute Gasteiger partial charge is 0.224 e. The van der Waals surface area contributed by atoms with Crippen molar-refractivity contribution in [1.29, 1.82) is 0 Å². The van der Waals surface area contributed by atoms with Crippen LogP contribution in [0.5, 0.6) is 11.5 Å². The highest BCUT2D eigenvalue weighted by Gasteiger charge is 2.27. The first-order valence-electron chi connectivity index (χ1n) is 7.91. The Morgan fingerprint density at radius 1 is 1.22 bits per heavy atom. The minimum atomic E-state index is -0.0198. The largest absolute Gasteiger partial charge is 0.493 e. The number of ether oxygens (including phenoxy) is 2. The molecular formula is C18H18N2O3. The third-order valence-electron chi connectivity index (χ3n) is 4.29. The van der Waals surface area contributed by atoms with E-state index in [-0.39, 0.29) is 5.91 Å². The van der Waals surface area contributed by atoms with E-state index in [0.717, 1.165) is 46.7 Å². The van der Waals surface area contributed by atoms with Gasteiger partial charge in [-0.3, -0.25) is 9.78 Å². The summed E-state index contributed by atoms with van der Waals surface area (Å²) in [6, 6.07) is 7.74. The number of rotatable bonds is 4. The van der Waals surface area contributed by atoms with Gasteiger partial charge in [0.2, 0.25) is 5.91 Å². The molecule has 0 radical (unpaired) electrons. The molecule has 0 saturated heterocycles. The van der Waals surface area contributed by atoms with Crippen molar-refractivity contribution >= 4 is 5.91 Å². The maximum atomic E-state index is 12.4. The molecule has 0 spiro atoms. The Labute approximate surface area is 134 Å². The molecule has 5 nitrogen and oxygen atoms in total. The summed E-state index contributed by atoms with van der Waals surface area (Å²) >= 11 is 0. The second-order valence-electron chi connectivity index (χ2n) is 5.79. The van der Waals surface area contributed by atoms with Crippen molar-refractivity contribution < 1.29 is 14.3 Å². The predicted molar refractivity (Wildman–Crippen MR) is 84.6 cm³/mol. The zero-order chi connectivity index (χ0) is 15.6. The number of fused-ring (bicyclic) bond motifs is 2. The Balaban J connectivity index is 1.51. The van der Waals surface area contributed by atoms with E-state index in [0.29, 0.717) is 26.2 Å². The molecule has 1 aromatic carbocycles. The molecule has 0 fully saturated rings.